The van der Waals surface area contributed by atoms with Gasteiger partial charge in [-0.1, -0.05) is 0 Å². The van der Waals surface area contributed by atoms with E-state index in [4.69, 9.17) is 5.11 Å². The Kier molecular flexibility index (Phi) is 5.68. The summed E-state index contributed by atoms with van der Waals surface area (Å²) in [4.78, 5) is 2.29. The van der Waals surface area contributed by atoms with Gasteiger partial charge in [-0.05, 0) is 32.4 Å². The van der Waals surface area contributed by atoms with E-state index in [1.807, 2.05) is 0 Å². The summed E-state index contributed by atoms with van der Waals surface area (Å²) in [5.74, 6) is 0.0417. The molecule has 1 rings (SSSR count). The molecule has 16 heavy (non-hydrogen) atoms. The molecule has 0 atom stereocenters. The maximum atomic E-state index is 11.7. The van der Waals surface area contributed by atoms with Crippen molar-refractivity contribution in [2.24, 2.45) is 0 Å². The predicted molar refractivity (Wildman–Crippen MR) is 63.8 cm³/mol. The summed E-state index contributed by atoms with van der Waals surface area (Å²) in [6.07, 6.45) is 2.76. The molecule has 6 heteroatoms. The van der Waals surface area contributed by atoms with Crippen LogP contribution in [0.3, 0.4) is 0 Å². The Labute approximate surface area is 98.1 Å². The molecule has 1 aliphatic rings. The first-order valence-electron chi connectivity index (χ1n) is 5.83. The van der Waals surface area contributed by atoms with Crippen LogP contribution in [0.2, 0.25) is 0 Å². The monoisotopic (exact) mass is 250 g/mol. The number of nitrogens with zero attached hydrogens (tertiary/aromatic N) is 2. The molecule has 1 N–H and O–H groups in total. The van der Waals surface area contributed by atoms with Crippen LogP contribution < -0.4 is 0 Å². The lowest BCUT2D eigenvalue weighted by Crippen LogP contribution is -2.36. The fourth-order valence-electron chi connectivity index (χ4n) is 1.83. The maximum absolute atomic E-state index is 11.7. The fourth-order valence-corrected chi connectivity index (χ4v) is 3.00. The van der Waals surface area contributed by atoms with Crippen LogP contribution in [-0.4, -0.2) is 68.3 Å². The van der Waals surface area contributed by atoms with E-state index in [-0.39, 0.29) is 12.4 Å². The van der Waals surface area contributed by atoms with Crippen molar-refractivity contribution in [3.63, 3.8) is 0 Å². The number of rotatable bonds is 7. The lowest BCUT2D eigenvalue weighted by atomic mass is 10.4. The molecular formula is C10H22N2O3S. The highest BCUT2D eigenvalue weighted by molar-refractivity contribution is 7.89. The van der Waals surface area contributed by atoms with Crippen molar-refractivity contribution in [2.45, 2.75) is 19.3 Å². The van der Waals surface area contributed by atoms with Crippen LogP contribution in [0, 0.1) is 0 Å². The van der Waals surface area contributed by atoms with E-state index >= 15 is 0 Å². The molecule has 0 spiro atoms. The third kappa shape index (κ3) is 4.37. The first-order chi connectivity index (χ1) is 7.56. The molecule has 1 saturated heterocycles. The topological polar surface area (TPSA) is 60.9 Å². The molecule has 5 nitrogen and oxygen atoms in total. The maximum Gasteiger partial charge on any atom is 0.213 e. The third-order valence-electron chi connectivity index (χ3n) is 2.97. The summed E-state index contributed by atoms with van der Waals surface area (Å²) >= 11 is 0. The summed E-state index contributed by atoms with van der Waals surface area (Å²) in [6.45, 7) is 3.47. The van der Waals surface area contributed by atoms with Crippen LogP contribution in [0.15, 0.2) is 0 Å². The number of hydrogen-bond donors (Lipinski definition) is 1. The summed E-state index contributed by atoms with van der Waals surface area (Å²) in [6, 6.07) is 0. The third-order valence-corrected chi connectivity index (χ3v) is 4.90. The van der Waals surface area contributed by atoms with Crippen molar-refractivity contribution < 1.29 is 13.5 Å². The van der Waals surface area contributed by atoms with Crippen LogP contribution in [0.1, 0.15) is 19.3 Å². The van der Waals surface area contributed by atoms with E-state index in [1.54, 1.807) is 7.05 Å². The lowest BCUT2D eigenvalue weighted by molar-refractivity contribution is 0.292. The molecule has 1 aliphatic heterocycles. The normalized spacial score (nSPS) is 18.4. The van der Waals surface area contributed by atoms with Crippen molar-refractivity contribution in [1.82, 2.24) is 9.21 Å². The molecule has 0 saturated carbocycles. The molecular weight excluding hydrogens is 228 g/mol. The molecule has 0 bridgehead atoms. The van der Waals surface area contributed by atoms with Gasteiger partial charge in [0.05, 0.1) is 5.75 Å². The van der Waals surface area contributed by atoms with Crippen molar-refractivity contribution in [3.8, 4) is 0 Å². The molecule has 0 aliphatic carbocycles. The summed E-state index contributed by atoms with van der Waals surface area (Å²) < 4.78 is 24.8. The van der Waals surface area contributed by atoms with Gasteiger partial charge in [-0.25, -0.2) is 12.7 Å². The van der Waals surface area contributed by atoms with Crippen LogP contribution >= 0.6 is 0 Å². The smallest absolute Gasteiger partial charge is 0.213 e. The van der Waals surface area contributed by atoms with Gasteiger partial charge in [0.1, 0.15) is 0 Å². The summed E-state index contributed by atoms with van der Waals surface area (Å²) in [5, 5.41) is 8.62. The van der Waals surface area contributed by atoms with Crippen molar-refractivity contribution in [3.05, 3.63) is 0 Å². The number of likely N-dealkylation sites (tertiary alicyclic amines) is 1. The minimum atomic E-state index is -3.17. The fraction of sp³-hybridized carbons (Fsp3) is 1.00. The molecule has 0 unspecified atom stereocenters. The largest absolute Gasteiger partial charge is 0.396 e. The second-order valence-corrected chi connectivity index (χ2v) is 6.46. The predicted octanol–water partition coefficient (Wildman–Crippen LogP) is -0.274. The molecule has 0 aromatic rings. The Morgan fingerprint density at radius 2 is 1.94 bits per heavy atom. The first kappa shape index (κ1) is 13.9. The zero-order valence-corrected chi connectivity index (χ0v) is 10.7. The van der Waals surface area contributed by atoms with Gasteiger partial charge in [0.2, 0.25) is 10.0 Å². The molecule has 1 fully saturated rings. The highest BCUT2D eigenvalue weighted by Gasteiger charge is 2.19. The van der Waals surface area contributed by atoms with Crippen LogP contribution in [0.4, 0.5) is 0 Å². The van der Waals surface area contributed by atoms with Gasteiger partial charge in [-0.15, -0.1) is 0 Å². The van der Waals surface area contributed by atoms with E-state index in [9.17, 15) is 8.42 Å². The second kappa shape index (κ2) is 6.54. The van der Waals surface area contributed by atoms with Crippen LogP contribution in [-0.2, 0) is 10.0 Å². The molecule has 0 amide bonds. The molecule has 0 aromatic carbocycles. The average Bonchev–Trinajstić information content (AvgIpc) is 2.75. The van der Waals surface area contributed by atoms with Gasteiger partial charge in [-0.3, -0.25) is 0 Å². The standard InChI is InChI=1S/C10H22N2O3S/c1-11(16(14,15)10-4-9-13)7-8-12-5-2-3-6-12/h13H,2-10H2,1H3. The molecule has 1 heterocycles. The lowest BCUT2D eigenvalue weighted by Gasteiger charge is -2.21. The van der Waals surface area contributed by atoms with Gasteiger partial charge < -0.3 is 10.0 Å². The van der Waals surface area contributed by atoms with E-state index in [1.165, 1.54) is 17.1 Å². The van der Waals surface area contributed by atoms with E-state index in [2.05, 4.69) is 4.90 Å². The van der Waals surface area contributed by atoms with Crippen molar-refractivity contribution in [1.29, 1.82) is 0 Å². The van der Waals surface area contributed by atoms with E-state index in [0.717, 1.165) is 19.6 Å². The Bertz CT molecular complexity index is 286. The molecule has 0 radical (unpaired) electrons. The Balaban J connectivity index is 2.29. The Morgan fingerprint density at radius 3 is 2.50 bits per heavy atom. The zero-order chi connectivity index (χ0) is 12.0. The van der Waals surface area contributed by atoms with Crippen molar-refractivity contribution in [2.75, 3.05) is 45.6 Å². The minimum Gasteiger partial charge on any atom is -0.396 e. The van der Waals surface area contributed by atoms with Gasteiger partial charge in [0, 0.05) is 26.7 Å². The second-order valence-electron chi connectivity index (χ2n) is 4.26. The Morgan fingerprint density at radius 1 is 1.31 bits per heavy atom. The first-order valence-corrected chi connectivity index (χ1v) is 7.44. The van der Waals surface area contributed by atoms with Crippen molar-refractivity contribution >= 4 is 10.0 Å². The van der Waals surface area contributed by atoms with Gasteiger partial charge >= 0.3 is 0 Å². The number of likely N-dealkylation sites (N-methyl/N-ethyl adjacent to an activating group) is 1. The van der Waals surface area contributed by atoms with Crippen LogP contribution in [0.5, 0.6) is 0 Å². The number of hydrogen-bond acceptors (Lipinski definition) is 4. The summed E-state index contributed by atoms with van der Waals surface area (Å²) in [7, 11) is -1.55. The number of aliphatic hydroxyl groups is 1. The number of aliphatic hydroxyl groups excluding tert-OH is 1. The van der Waals surface area contributed by atoms with E-state index < -0.39 is 10.0 Å². The summed E-state index contributed by atoms with van der Waals surface area (Å²) in [5.41, 5.74) is 0. The quantitative estimate of drug-likeness (QED) is 0.675. The van der Waals surface area contributed by atoms with Gasteiger partial charge in [-0.2, -0.15) is 0 Å². The van der Waals surface area contributed by atoms with Gasteiger partial charge in [0.25, 0.3) is 0 Å². The molecule has 0 aromatic heterocycles. The van der Waals surface area contributed by atoms with Crippen LogP contribution in [0.25, 0.3) is 0 Å². The highest BCUT2D eigenvalue weighted by Crippen LogP contribution is 2.07. The van der Waals surface area contributed by atoms with E-state index in [0.29, 0.717) is 13.0 Å². The highest BCUT2D eigenvalue weighted by atomic mass is 32.2. The molecule has 96 valence electrons. The average molecular weight is 250 g/mol. The Hall–Kier alpha value is -0.170. The minimum absolute atomic E-state index is 0.0417. The van der Waals surface area contributed by atoms with Gasteiger partial charge in [0.15, 0.2) is 0 Å². The number of sulfonamides is 1. The zero-order valence-electron chi connectivity index (χ0n) is 9.93. The SMILES string of the molecule is CN(CCN1CCCC1)S(=O)(=O)CCCO.